The average Bonchev–Trinajstić information content (AvgIpc) is 0. The Morgan fingerprint density at radius 1 is 1.00 bits per heavy atom. The van der Waals surface area contributed by atoms with Gasteiger partial charge in [-0.2, -0.15) is 0 Å². The summed E-state index contributed by atoms with van der Waals surface area (Å²) in [6.07, 6.45) is 0. The van der Waals surface area contributed by atoms with Crippen molar-refractivity contribution in [3.63, 3.8) is 0 Å². The van der Waals surface area contributed by atoms with E-state index in [2.05, 4.69) is 0 Å². The van der Waals surface area contributed by atoms with Crippen LogP contribution in [0.15, 0.2) is 0 Å². The van der Waals surface area contributed by atoms with E-state index in [0.29, 0.717) is 0 Å². The molecule has 0 nitrogen and oxygen atoms in total. The van der Waals surface area contributed by atoms with Crippen LogP contribution in [0.2, 0.25) is 0 Å². The summed E-state index contributed by atoms with van der Waals surface area (Å²) in [5, 5.41) is 0. The van der Waals surface area contributed by atoms with Gasteiger partial charge in [-0.05, 0) is 0 Å². The van der Waals surface area contributed by atoms with E-state index >= 15 is 0 Å². The van der Waals surface area contributed by atoms with Crippen molar-refractivity contribution in [3.8, 4) is 0 Å². The minimum Gasteiger partial charge on any atom is -1.00 e. The second-order valence-electron chi connectivity index (χ2n) is 0. The van der Waals surface area contributed by atoms with Gasteiger partial charge in [0.2, 0.25) is 0 Å². The van der Waals surface area contributed by atoms with Gasteiger partial charge in [0.05, 0.1) is 0 Å². The molecule has 0 atom stereocenters. The Balaban J connectivity index is 0. The molecular formula is ClCrFTh+5. The molecule has 0 aliphatic heterocycles. The van der Waals surface area contributed by atoms with Crippen LogP contribution in [0.4, 0.5) is 0 Å². The van der Waals surface area contributed by atoms with E-state index < -0.39 is 0 Å². The maximum absolute atomic E-state index is 0. The molecule has 4 heteroatoms. The van der Waals surface area contributed by atoms with E-state index in [4.69, 9.17) is 0 Å². The van der Waals surface area contributed by atoms with Crippen molar-refractivity contribution in [1.29, 1.82) is 0 Å². The third kappa shape index (κ3) is 8.95. The van der Waals surface area contributed by atoms with Crippen molar-refractivity contribution < 1.29 is 74.4 Å². The zero-order valence-corrected chi connectivity index (χ0v) is 7.80. The molecule has 0 aromatic heterocycles. The second-order valence-corrected chi connectivity index (χ2v) is 0. The fraction of sp³-hybridized carbons (Fsp3) is 0. The molecule has 0 rings (SSSR count). The summed E-state index contributed by atoms with van der Waals surface area (Å²) >= 11 is 0. The van der Waals surface area contributed by atoms with E-state index in [1.54, 1.807) is 0 Å². The van der Waals surface area contributed by atoms with Crippen molar-refractivity contribution >= 4 is 0 Å². The van der Waals surface area contributed by atoms with Crippen LogP contribution in [0, 0.1) is 39.9 Å². The van der Waals surface area contributed by atoms with Crippen molar-refractivity contribution in [2.24, 2.45) is 0 Å². The summed E-state index contributed by atoms with van der Waals surface area (Å²) in [5.74, 6) is 0. The van der Waals surface area contributed by atoms with Crippen molar-refractivity contribution in [2.45, 2.75) is 0 Å². The van der Waals surface area contributed by atoms with Crippen LogP contribution in [-0.4, -0.2) is 0 Å². The van der Waals surface area contributed by atoms with Crippen LogP contribution >= 0.6 is 0 Å². The molecule has 0 saturated carbocycles. The summed E-state index contributed by atoms with van der Waals surface area (Å²) < 4.78 is 0. The van der Waals surface area contributed by atoms with Crippen LogP contribution < -0.4 is 17.1 Å². The number of rotatable bonds is 0. The van der Waals surface area contributed by atoms with Crippen LogP contribution in [0.1, 0.15) is 0 Å². The Hall–Kier alpha value is 2.08. The minimum absolute atomic E-state index is 0. The molecule has 0 saturated heterocycles. The van der Waals surface area contributed by atoms with Gasteiger partial charge in [-0.15, -0.1) is 0 Å². The van der Waals surface area contributed by atoms with Gasteiger partial charge >= 0.3 is 57.3 Å². The van der Waals surface area contributed by atoms with Crippen LogP contribution in [0.5, 0.6) is 0 Å². The van der Waals surface area contributed by atoms with Gasteiger partial charge in [0.25, 0.3) is 0 Å². The van der Waals surface area contributed by atoms with Gasteiger partial charge in [-0.3, -0.25) is 0 Å². The molecule has 19 valence electrons. The molecule has 1 radical (unpaired) electrons. The molecule has 0 aliphatic carbocycles. The third-order valence-electron chi connectivity index (χ3n) is 0. The Labute approximate surface area is 73.3 Å². The Morgan fingerprint density at radius 3 is 1.00 bits per heavy atom. The molecule has 0 aromatic carbocycles. The molecule has 0 N–H and O–H groups in total. The molecule has 0 amide bonds. The predicted octanol–water partition coefficient (Wildman–Crippen LogP) is -5.99. The molecule has 0 heterocycles. The summed E-state index contributed by atoms with van der Waals surface area (Å²) in [4.78, 5) is 0. The smallest absolute Gasteiger partial charge is 1.00 e. The van der Waals surface area contributed by atoms with Crippen LogP contribution in [0.3, 0.4) is 0 Å². The Morgan fingerprint density at radius 2 is 1.00 bits per heavy atom. The standard InChI is InChI=1S/ClH.Cr.FH.Th/h1H;;1H;/q;+3;;+4/p-2. The van der Waals surface area contributed by atoms with E-state index in [-0.39, 0.29) is 74.4 Å². The molecule has 0 spiro atoms. The monoisotopic (exact) mass is 338 g/mol. The third-order valence-corrected chi connectivity index (χ3v) is 0. The van der Waals surface area contributed by atoms with Gasteiger partial charge in [0.15, 0.2) is 0 Å². The first-order valence-electron chi connectivity index (χ1n) is 0. The van der Waals surface area contributed by atoms with E-state index in [0.717, 1.165) is 0 Å². The average molecular weight is 338 g/mol. The number of halogens is 2. The topological polar surface area (TPSA) is 0 Å². The number of hydrogen-bond donors (Lipinski definition) is 0. The van der Waals surface area contributed by atoms with E-state index in [1.165, 1.54) is 0 Å². The molecular weight excluding hydrogens is 338 g/mol. The normalized spacial score (nSPS) is 0. The predicted molar refractivity (Wildman–Crippen MR) is 0 cm³/mol. The molecule has 0 bridgehead atoms. The largest absolute Gasteiger partial charge is 4.00 e. The first-order chi connectivity index (χ1) is 0. The van der Waals surface area contributed by atoms with Gasteiger partial charge in [0, 0.05) is 0 Å². The maximum Gasteiger partial charge on any atom is 4.00 e. The fourth-order valence-corrected chi connectivity index (χ4v) is 0. The van der Waals surface area contributed by atoms with Crippen LogP contribution in [-0.2, 0) is 17.4 Å². The van der Waals surface area contributed by atoms with Crippen LogP contribution in [0.25, 0.3) is 0 Å². The quantitative estimate of drug-likeness (QED) is 0.413. The minimum atomic E-state index is 0. The zero-order valence-electron chi connectivity index (χ0n) is 1.66. The van der Waals surface area contributed by atoms with E-state index in [1.807, 2.05) is 0 Å². The molecule has 0 unspecified atom stereocenters. The molecule has 4 heavy (non-hydrogen) atoms. The van der Waals surface area contributed by atoms with Gasteiger partial charge in [-0.25, -0.2) is 0 Å². The first-order valence-corrected chi connectivity index (χ1v) is 0. The van der Waals surface area contributed by atoms with E-state index in [9.17, 15) is 0 Å². The summed E-state index contributed by atoms with van der Waals surface area (Å²) in [6.45, 7) is 0. The van der Waals surface area contributed by atoms with Gasteiger partial charge in [-0.1, -0.05) is 0 Å². The zero-order chi connectivity index (χ0) is 0. The maximum atomic E-state index is 0. The first kappa shape index (κ1) is 36.3. The molecule has 0 aromatic rings. The Bertz CT molecular complexity index is 8.00. The van der Waals surface area contributed by atoms with Crippen molar-refractivity contribution in [3.05, 3.63) is 0 Å². The number of hydrogen-bond acceptors (Lipinski definition) is 0. The second kappa shape index (κ2) is 19.6. The summed E-state index contributed by atoms with van der Waals surface area (Å²) in [5.41, 5.74) is 0. The Kier molecular flexibility index (Phi) is 178. The van der Waals surface area contributed by atoms with Gasteiger partial charge < -0.3 is 17.1 Å². The fourth-order valence-electron chi connectivity index (χ4n) is 0. The summed E-state index contributed by atoms with van der Waals surface area (Å²) in [7, 11) is 0. The SMILES string of the molecule is [Cl-].[Cr+3].[F-].[Th+4]. The molecule has 0 fully saturated rings. The van der Waals surface area contributed by atoms with Crippen molar-refractivity contribution in [1.82, 2.24) is 0 Å². The van der Waals surface area contributed by atoms with Gasteiger partial charge in [0.1, 0.15) is 0 Å². The van der Waals surface area contributed by atoms with Crippen molar-refractivity contribution in [2.75, 3.05) is 0 Å². The molecule has 0 aliphatic rings. The summed E-state index contributed by atoms with van der Waals surface area (Å²) in [6, 6.07) is 0.